The van der Waals surface area contributed by atoms with Crippen molar-refractivity contribution < 1.29 is 13.9 Å². The summed E-state index contributed by atoms with van der Waals surface area (Å²) in [7, 11) is 1.84. The van der Waals surface area contributed by atoms with Gasteiger partial charge in [0.25, 0.3) is 0 Å². The summed E-state index contributed by atoms with van der Waals surface area (Å²) in [5, 5.41) is 4.27. The van der Waals surface area contributed by atoms with Crippen LogP contribution in [-0.2, 0) is 4.74 Å². The Kier molecular flexibility index (Phi) is 4.43. The molecule has 5 rings (SSSR count). The van der Waals surface area contributed by atoms with E-state index in [2.05, 4.69) is 22.2 Å². The number of nitrogens with one attached hydrogen (secondary N) is 2. The predicted molar refractivity (Wildman–Crippen MR) is 103 cm³/mol. The first kappa shape index (κ1) is 17.9. The molecule has 0 spiro atoms. The maximum atomic E-state index is 14.0. The molecule has 3 heterocycles. The van der Waals surface area contributed by atoms with Gasteiger partial charge in [0, 0.05) is 18.8 Å². The molecule has 3 aliphatic heterocycles. The Labute approximate surface area is 164 Å². The molecule has 9 atom stereocenters. The minimum absolute atomic E-state index is 0.0400. The first-order valence-electron chi connectivity index (χ1n) is 10.1. The van der Waals surface area contributed by atoms with Crippen molar-refractivity contribution in [3.63, 3.8) is 0 Å². The zero-order valence-electron chi connectivity index (χ0n) is 15.8. The molecular formula is C20H28FN3O2S. The first-order valence-corrected chi connectivity index (χ1v) is 11.0. The van der Waals surface area contributed by atoms with Crippen molar-refractivity contribution in [1.29, 1.82) is 0 Å². The Hall–Kier alpha value is -1.21. The van der Waals surface area contributed by atoms with Crippen molar-refractivity contribution in [2.45, 2.75) is 62.3 Å². The first-order chi connectivity index (χ1) is 13.0. The van der Waals surface area contributed by atoms with Crippen LogP contribution in [0.4, 0.5) is 9.18 Å². The van der Waals surface area contributed by atoms with Gasteiger partial charge in [-0.3, -0.25) is 5.32 Å². The summed E-state index contributed by atoms with van der Waals surface area (Å²) >= 11 is 1.82. The van der Waals surface area contributed by atoms with E-state index in [0.29, 0.717) is 23.0 Å². The molecule has 9 unspecified atom stereocenters. The lowest BCUT2D eigenvalue weighted by molar-refractivity contribution is 0.0177. The molecule has 148 valence electrons. The Morgan fingerprint density at radius 2 is 2.15 bits per heavy atom. The molecule has 0 aromatic carbocycles. The molecule has 27 heavy (non-hydrogen) atoms. The molecular weight excluding hydrogens is 365 g/mol. The summed E-state index contributed by atoms with van der Waals surface area (Å²) in [5.41, 5.74) is 1.39. The van der Waals surface area contributed by atoms with E-state index in [9.17, 15) is 9.18 Å². The lowest BCUT2D eigenvalue weighted by Gasteiger charge is -2.49. The van der Waals surface area contributed by atoms with Crippen LogP contribution in [0, 0.1) is 23.7 Å². The van der Waals surface area contributed by atoms with Gasteiger partial charge in [-0.2, -0.15) is 0 Å². The van der Waals surface area contributed by atoms with Crippen LogP contribution >= 0.6 is 11.9 Å². The van der Waals surface area contributed by atoms with Gasteiger partial charge < -0.3 is 14.4 Å². The second-order valence-corrected chi connectivity index (χ2v) is 9.89. The van der Waals surface area contributed by atoms with Gasteiger partial charge in [-0.25, -0.2) is 9.18 Å². The maximum Gasteiger partial charge on any atom is 0.411 e. The van der Waals surface area contributed by atoms with Crippen LogP contribution in [0.1, 0.15) is 32.6 Å². The normalized spacial score (nSPS) is 48.7. The van der Waals surface area contributed by atoms with E-state index in [0.717, 1.165) is 19.3 Å². The zero-order chi connectivity index (χ0) is 18.7. The Balaban J connectivity index is 1.41. The van der Waals surface area contributed by atoms with Crippen molar-refractivity contribution in [2.75, 3.05) is 7.05 Å². The number of ether oxygens (including phenoxy) is 1. The average molecular weight is 394 g/mol. The summed E-state index contributed by atoms with van der Waals surface area (Å²) < 4.78 is 22.9. The molecule has 0 saturated carbocycles. The third-order valence-electron chi connectivity index (χ3n) is 7.31. The number of carbonyl (C=O) groups excluding carboxylic acids is 1. The number of amides is 1. The third-order valence-corrected chi connectivity index (χ3v) is 8.40. The average Bonchev–Trinajstić information content (AvgIpc) is 2.91. The maximum absolute atomic E-state index is 14.0. The number of fused-ring (bicyclic) bond motifs is 2. The number of rotatable bonds is 2. The standard InChI is InChI=1S/C20H28FN3O2S/c1-10-7-12(3-5-14(10)21)18-13(11-4-6-15-17(8-11)27-23-15)9-16-19(22-18)26-20(25)24(16)2/h3,5-6,10-14,16-19,22-23H,4,7-9H2,1-2H3. The molecule has 3 fully saturated rings. The van der Waals surface area contributed by atoms with Crippen LogP contribution in [-0.4, -0.2) is 47.8 Å². The van der Waals surface area contributed by atoms with Gasteiger partial charge in [-0.05, 0) is 61.3 Å². The quantitative estimate of drug-likeness (QED) is 0.557. The lowest BCUT2D eigenvalue weighted by atomic mass is 9.67. The fourth-order valence-corrected chi connectivity index (χ4v) is 6.55. The van der Waals surface area contributed by atoms with Gasteiger partial charge in [0.2, 0.25) is 0 Å². The highest BCUT2D eigenvalue weighted by atomic mass is 32.2. The van der Waals surface area contributed by atoms with Crippen LogP contribution in [0.25, 0.3) is 0 Å². The van der Waals surface area contributed by atoms with Crippen LogP contribution in [0.3, 0.4) is 0 Å². The van der Waals surface area contributed by atoms with Gasteiger partial charge in [0.1, 0.15) is 6.17 Å². The minimum atomic E-state index is -0.843. The van der Waals surface area contributed by atoms with Crippen molar-refractivity contribution in [2.24, 2.45) is 23.7 Å². The van der Waals surface area contributed by atoms with E-state index in [1.165, 1.54) is 12.1 Å². The number of halogens is 1. The summed E-state index contributed by atoms with van der Waals surface area (Å²) in [6.45, 7) is 2.00. The van der Waals surface area contributed by atoms with Crippen molar-refractivity contribution in [1.82, 2.24) is 14.9 Å². The SMILES string of the molecule is CC1CC(C2NC3OC(=O)N(C)C3CC2C2CC=C3NSC3C2)C=CC1F. The number of nitrogens with zero attached hydrogens (tertiary/aromatic N) is 1. The molecule has 3 saturated heterocycles. The lowest BCUT2D eigenvalue weighted by Crippen LogP contribution is -2.60. The van der Waals surface area contributed by atoms with E-state index in [1.807, 2.05) is 25.9 Å². The number of carbonyl (C=O) groups is 1. The predicted octanol–water partition coefficient (Wildman–Crippen LogP) is 3.21. The topological polar surface area (TPSA) is 53.6 Å². The van der Waals surface area contributed by atoms with Crippen molar-refractivity contribution in [3.8, 4) is 0 Å². The number of hydrogen-bond donors (Lipinski definition) is 2. The number of piperidine rings is 1. The Bertz CT molecular complexity index is 686. The van der Waals surface area contributed by atoms with Gasteiger partial charge in [0.05, 0.1) is 11.3 Å². The van der Waals surface area contributed by atoms with Gasteiger partial charge in [-0.1, -0.05) is 25.2 Å². The van der Waals surface area contributed by atoms with Crippen molar-refractivity contribution >= 4 is 18.0 Å². The molecule has 0 bridgehead atoms. The number of likely N-dealkylation sites (N-methyl/N-ethyl adjacent to an activating group) is 1. The summed E-state index contributed by atoms with van der Waals surface area (Å²) in [6.07, 6.45) is 8.90. The van der Waals surface area contributed by atoms with E-state index in [4.69, 9.17) is 4.74 Å². The monoisotopic (exact) mass is 393 g/mol. The molecule has 0 aromatic heterocycles. The number of hydrogen-bond acceptors (Lipinski definition) is 5. The highest BCUT2D eigenvalue weighted by Gasteiger charge is 2.51. The summed E-state index contributed by atoms with van der Waals surface area (Å²) in [6, 6.07) is 0.324. The van der Waals surface area contributed by atoms with E-state index >= 15 is 0 Å². The third kappa shape index (κ3) is 2.97. The number of allylic oxidation sites excluding steroid dienone is 2. The molecule has 2 N–H and O–H groups in total. The second-order valence-electron chi connectivity index (χ2n) is 8.88. The Morgan fingerprint density at radius 3 is 2.85 bits per heavy atom. The molecule has 5 aliphatic rings. The molecule has 1 amide bonds. The fraction of sp³-hybridized carbons (Fsp3) is 0.750. The number of alkyl halides is 1. The van der Waals surface area contributed by atoms with Gasteiger partial charge in [-0.15, -0.1) is 0 Å². The second kappa shape index (κ2) is 6.69. The van der Waals surface area contributed by atoms with Crippen LogP contribution in [0.2, 0.25) is 0 Å². The fourth-order valence-electron chi connectivity index (χ4n) is 5.60. The van der Waals surface area contributed by atoms with E-state index in [-0.39, 0.29) is 30.3 Å². The van der Waals surface area contributed by atoms with Crippen molar-refractivity contribution in [3.05, 3.63) is 23.9 Å². The molecule has 7 heteroatoms. The summed E-state index contributed by atoms with van der Waals surface area (Å²) in [4.78, 5) is 13.8. The minimum Gasteiger partial charge on any atom is -0.428 e. The van der Waals surface area contributed by atoms with Gasteiger partial charge >= 0.3 is 6.09 Å². The smallest absolute Gasteiger partial charge is 0.411 e. The van der Waals surface area contributed by atoms with Crippen LogP contribution in [0.5, 0.6) is 0 Å². The zero-order valence-corrected chi connectivity index (χ0v) is 16.6. The van der Waals surface area contributed by atoms with E-state index < -0.39 is 6.17 Å². The molecule has 0 radical (unpaired) electrons. The highest BCUT2D eigenvalue weighted by Crippen LogP contribution is 2.46. The van der Waals surface area contributed by atoms with Crippen LogP contribution in [0.15, 0.2) is 23.9 Å². The molecule has 0 aromatic rings. The summed E-state index contributed by atoms with van der Waals surface area (Å²) in [5.74, 6) is 1.38. The molecule has 5 nitrogen and oxygen atoms in total. The largest absolute Gasteiger partial charge is 0.428 e. The van der Waals surface area contributed by atoms with Crippen LogP contribution < -0.4 is 10.0 Å². The highest BCUT2D eigenvalue weighted by molar-refractivity contribution is 7.99. The van der Waals surface area contributed by atoms with Gasteiger partial charge in [0.15, 0.2) is 6.23 Å². The Morgan fingerprint density at radius 1 is 1.30 bits per heavy atom. The molecule has 2 aliphatic carbocycles. The van der Waals surface area contributed by atoms with E-state index in [1.54, 1.807) is 11.0 Å².